The number of ether oxygens (including phenoxy) is 8. The Bertz CT molecular complexity index is 607. The summed E-state index contributed by atoms with van der Waals surface area (Å²) < 4.78 is 43.7. The van der Waals surface area contributed by atoms with E-state index in [0.717, 1.165) is 11.3 Å². The van der Waals surface area contributed by atoms with Gasteiger partial charge in [0.15, 0.2) is 6.29 Å². The number of carbonyl (C=O) groups excluding carboxylic acids is 1. The Morgan fingerprint density at radius 1 is 0.818 bits per heavy atom. The molecule has 0 N–H and O–H groups in total. The third-order valence-corrected chi connectivity index (χ3v) is 5.10. The van der Waals surface area contributed by atoms with Crippen molar-refractivity contribution in [3.63, 3.8) is 0 Å². The maximum atomic E-state index is 11.6. The van der Waals surface area contributed by atoms with E-state index in [0.29, 0.717) is 25.7 Å². The summed E-state index contributed by atoms with van der Waals surface area (Å²) in [7, 11) is 7.78. The lowest BCUT2D eigenvalue weighted by atomic mass is 9.99. The molecule has 0 radical (unpaired) electrons. The van der Waals surface area contributed by atoms with Crippen molar-refractivity contribution in [3.05, 3.63) is 42.5 Å². The number of hydrogen-bond donors (Lipinski definition) is 0. The van der Waals surface area contributed by atoms with Crippen molar-refractivity contribution in [2.45, 2.75) is 50.0 Å². The lowest BCUT2D eigenvalue weighted by molar-refractivity contribution is -0.151. The predicted molar refractivity (Wildman–Crippen MR) is 122 cm³/mol. The lowest BCUT2D eigenvalue weighted by Crippen LogP contribution is -2.39. The number of methoxy groups -OCH3 is 5. The smallest absolute Gasteiger partial charge is 0.151 e. The quantitative estimate of drug-likeness (QED) is 0.162. The molecule has 0 aromatic heterocycles. The zero-order valence-corrected chi connectivity index (χ0v) is 20.3. The molecule has 0 saturated heterocycles. The van der Waals surface area contributed by atoms with Crippen LogP contribution in [0.3, 0.4) is 0 Å². The summed E-state index contributed by atoms with van der Waals surface area (Å²) in [5.41, 5.74) is 0.974. The van der Waals surface area contributed by atoms with Crippen molar-refractivity contribution in [1.82, 2.24) is 0 Å². The summed E-state index contributed by atoms with van der Waals surface area (Å²) in [6.07, 6.45) is 0.759. The number of hydrogen-bond acceptors (Lipinski definition) is 9. The second-order valence-corrected chi connectivity index (χ2v) is 7.25. The first kappa shape index (κ1) is 29.2. The summed E-state index contributed by atoms with van der Waals surface area (Å²) in [4.78, 5) is 11.6. The molecule has 0 aliphatic heterocycles. The Balaban J connectivity index is 2.98. The molecule has 33 heavy (non-hydrogen) atoms. The summed E-state index contributed by atoms with van der Waals surface area (Å²) in [6.45, 7) is 4.27. The number of rotatable bonds is 20. The molecule has 9 heteroatoms. The Kier molecular flexibility index (Phi) is 15.6. The molecule has 0 spiro atoms. The average Bonchev–Trinajstić information content (AvgIpc) is 2.86. The number of aldehydes is 1. The van der Waals surface area contributed by atoms with Crippen molar-refractivity contribution in [2.75, 3.05) is 49.1 Å². The van der Waals surface area contributed by atoms with E-state index in [1.54, 1.807) is 27.4 Å². The van der Waals surface area contributed by atoms with Crippen molar-refractivity contribution in [3.8, 4) is 5.75 Å². The van der Waals surface area contributed by atoms with Gasteiger partial charge in [-0.1, -0.05) is 18.2 Å². The molecule has 0 unspecified atom stereocenters. The van der Waals surface area contributed by atoms with Gasteiger partial charge in [-0.05, 0) is 17.7 Å². The minimum atomic E-state index is -0.803. The Morgan fingerprint density at radius 2 is 1.36 bits per heavy atom. The van der Waals surface area contributed by atoms with Gasteiger partial charge in [0.2, 0.25) is 0 Å². The minimum absolute atomic E-state index is 0.0231. The minimum Gasteiger partial charge on any atom is -0.497 e. The average molecular weight is 471 g/mol. The van der Waals surface area contributed by atoms with Crippen LogP contribution >= 0.6 is 0 Å². The van der Waals surface area contributed by atoms with Crippen LogP contribution in [0, 0.1) is 0 Å². The molecule has 0 aliphatic carbocycles. The molecule has 188 valence electrons. The Labute approximate surface area is 196 Å². The molecule has 1 aromatic carbocycles. The maximum absolute atomic E-state index is 11.6. The van der Waals surface area contributed by atoms with E-state index in [4.69, 9.17) is 37.9 Å². The SMILES string of the molecule is C=C[C@@H](OCOC)[C@@H](C[C@@H](C[C@@H](OC)[C@H](C=O)OCOC)OCc1ccc(OC)cc1)OC. The fraction of sp³-hybridized carbons (Fsp3) is 0.625. The molecule has 1 aromatic rings. The van der Waals surface area contributed by atoms with Crippen LogP contribution in [0.2, 0.25) is 0 Å². The van der Waals surface area contributed by atoms with Gasteiger partial charge in [-0.15, -0.1) is 6.58 Å². The third-order valence-electron chi connectivity index (χ3n) is 5.10. The summed E-state index contributed by atoms with van der Waals surface area (Å²) in [5, 5.41) is 0. The van der Waals surface area contributed by atoms with Crippen molar-refractivity contribution >= 4 is 6.29 Å². The molecular weight excluding hydrogens is 432 g/mol. The highest BCUT2D eigenvalue weighted by molar-refractivity contribution is 5.57. The van der Waals surface area contributed by atoms with Gasteiger partial charge in [0, 0.05) is 41.3 Å². The first-order chi connectivity index (χ1) is 16.1. The van der Waals surface area contributed by atoms with Crippen LogP contribution < -0.4 is 4.74 Å². The van der Waals surface area contributed by atoms with Crippen LogP contribution in [-0.2, 0) is 44.6 Å². The Morgan fingerprint density at radius 3 is 1.82 bits per heavy atom. The van der Waals surface area contributed by atoms with Crippen LogP contribution in [0.5, 0.6) is 5.75 Å². The van der Waals surface area contributed by atoms with Gasteiger partial charge < -0.3 is 42.7 Å². The second kappa shape index (κ2) is 17.6. The molecule has 0 fully saturated rings. The lowest BCUT2D eigenvalue weighted by Gasteiger charge is -2.30. The fourth-order valence-corrected chi connectivity index (χ4v) is 3.27. The first-order valence-corrected chi connectivity index (χ1v) is 10.7. The highest BCUT2D eigenvalue weighted by Gasteiger charge is 2.30. The Hall–Kier alpha value is -1.85. The standard InChI is InChI=1S/C24H38O9/c1-7-21(32-16-26-2)22(29-5)12-20(13-23(30-6)24(14-25)33-17-27-3)31-15-18-8-10-19(28-4)11-9-18/h7-11,14,20-24H,1,12-13,15-17H2,2-6H3/t20-,21+,22+,23+,24-/m0/s1. The van der Waals surface area contributed by atoms with Crippen LogP contribution in [0.25, 0.3) is 0 Å². The normalized spacial score (nSPS) is 15.9. The predicted octanol–water partition coefficient (Wildman–Crippen LogP) is 2.75. The van der Waals surface area contributed by atoms with Crippen molar-refractivity contribution < 1.29 is 42.7 Å². The van der Waals surface area contributed by atoms with Crippen molar-refractivity contribution in [2.24, 2.45) is 0 Å². The van der Waals surface area contributed by atoms with E-state index < -0.39 is 18.3 Å². The van der Waals surface area contributed by atoms with Gasteiger partial charge in [0.05, 0.1) is 32.0 Å². The highest BCUT2D eigenvalue weighted by atomic mass is 16.7. The van der Waals surface area contributed by atoms with E-state index in [1.807, 2.05) is 24.3 Å². The van der Waals surface area contributed by atoms with Gasteiger partial charge >= 0.3 is 0 Å². The van der Waals surface area contributed by atoms with E-state index >= 15 is 0 Å². The fourth-order valence-electron chi connectivity index (χ4n) is 3.27. The molecule has 0 bridgehead atoms. The molecular formula is C24H38O9. The van der Waals surface area contributed by atoms with E-state index in [1.165, 1.54) is 14.2 Å². The van der Waals surface area contributed by atoms with E-state index in [2.05, 4.69) is 6.58 Å². The molecule has 0 aliphatic rings. The highest BCUT2D eigenvalue weighted by Crippen LogP contribution is 2.22. The van der Waals surface area contributed by atoms with Gasteiger partial charge in [-0.3, -0.25) is 0 Å². The summed E-state index contributed by atoms with van der Waals surface area (Å²) in [5.74, 6) is 0.766. The number of carbonyl (C=O) groups is 1. The van der Waals surface area contributed by atoms with Crippen LogP contribution in [0.1, 0.15) is 18.4 Å². The van der Waals surface area contributed by atoms with Gasteiger partial charge in [-0.25, -0.2) is 0 Å². The maximum Gasteiger partial charge on any atom is 0.151 e. The molecule has 0 saturated carbocycles. The summed E-state index contributed by atoms with van der Waals surface area (Å²) in [6, 6.07) is 7.61. The molecule has 0 amide bonds. The van der Waals surface area contributed by atoms with Crippen molar-refractivity contribution in [1.29, 1.82) is 0 Å². The molecule has 0 heterocycles. The number of benzene rings is 1. The first-order valence-electron chi connectivity index (χ1n) is 10.7. The molecule has 5 atom stereocenters. The second-order valence-electron chi connectivity index (χ2n) is 7.25. The van der Waals surface area contributed by atoms with Gasteiger partial charge in [-0.2, -0.15) is 0 Å². The molecule has 9 nitrogen and oxygen atoms in total. The zero-order valence-electron chi connectivity index (χ0n) is 20.3. The molecule has 1 rings (SSSR count). The van der Waals surface area contributed by atoms with E-state index in [-0.39, 0.29) is 25.8 Å². The van der Waals surface area contributed by atoms with E-state index in [9.17, 15) is 4.79 Å². The largest absolute Gasteiger partial charge is 0.497 e. The third kappa shape index (κ3) is 10.7. The van der Waals surface area contributed by atoms with Gasteiger partial charge in [0.1, 0.15) is 31.5 Å². The summed E-state index contributed by atoms with van der Waals surface area (Å²) >= 11 is 0. The van der Waals surface area contributed by atoms with Crippen LogP contribution in [-0.4, -0.2) is 85.9 Å². The van der Waals surface area contributed by atoms with Crippen LogP contribution in [0.4, 0.5) is 0 Å². The van der Waals surface area contributed by atoms with Gasteiger partial charge in [0.25, 0.3) is 0 Å². The van der Waals surface area contributed by atoms with Crippen LogP contribution in [0.15, 0.2) is 36.9 Å². The zero-order chi connectivity index (χ0) is 24.5. The monoisotopic (exact) mass is 470 g/mol. The topological polar surface area (TPSA) is 90.9 Å².